The fraction of sp³-hybridized carbons (Fsp3) is 0.167. The first-order valence-electron chi connectivity index (χ1n) is 5.46. The van der Waals surface area contributed by atoms with Crippen molar-refractivity contribution in [2.45, 2.75) is 11.3 Å². The van der Waals surface area contributed by atoms with Crippen LogP contribution in [0.2, 0.25) is 0 Å². The van der Waals surface area contributed by atoms with Crippen molar-refractivity contribution in [3.05, 3.63) is 40.6 Å². The van der Waals surface area contributed by atoms with Crippen molar-refractivity contribution in [1.29, 1.82) is 0 Å². The number of nitro groups is 1. The zero-order chi connectivity index (χ0) is 13.8. The lowest BCUT2D eigenvalue weighted by Gasteiger charge is -2.05. The molecule has 0 aliphatic rings. The highest BCUT2D eigenvalue weighted by Crippen LogP contribution is 2.32. The lowest BCUT2D eigenvalue weighted by molar-refractivity contribution is -0.383. The third-order valence-corrected chi connectivity index (χ3v) is 3.53. The molecule has 1 aromatic carbocycles. The van der Waals surface area contributed by atoms with E-state index in [9.17, 15) is 14.9 Å². The van der Waals surface area contributed by atoms with Gasteiger partial charge in [-0.2, -0.15) is 0 Å². The molecule has 1 aromatic heterocycles. The summed E-state index contributed by atoms with van der Waals surface area (Å²) in [6, 6.07) is 6.32. The van der Waals surface area contributed by atoms with Crippen LogP contribution < -0.4 is 0 Å². The maximum atomic E-state index is 10.9. The molecule has 0 atom stereocenters. The molecule has 0 amide bonds. The fourth-order valence-electron chi connectivity index (χ4n) is 1.66. The van der Waals surface area contributed by atoms with Gasteiger partial charge in [-0.3, -0.25) is 19.9 Å². The Hall–Kier alpha value is -2.15. The number of pyridine rings is 1. The van der Waals surface area contributed by atoms with Gasteiger partial charge in [0, 0.05) is 22.9 Å². The second-order valence-corrected chi connectivity index (χ2v) is 4.87. The molecule has 0 bridgehead atoms. The Morgan fingerprint density at radius 3 is 2.89 bits per heavy atom. The van der Waals surface area contributed by atoms with E-state index in [4.69, 9.17) is 5.11 Å². The van der Waals surface area contributed by atoms with Crippen LogP contribution in [0.4, 0.5) is 5.69 Å². The molecule has 0 aliphatic heterocycles. The Labute approximate surface area is 112 Å². The molecule has 0 saturated carbocycles. The Balaban J connectivity index is 2.38. The van der Waals surface area contributed by atoms with Crippen LogP contribution in [-0.2, 0) is 4.79 Å². The number of benzene rings is 1. The molecule has 0 fully saturated rings. The zero-order valence-corrected chi connectivity index (χ0v) is 10.6. The molecule has 19 heavy (non-hydrogen) atoms. The van der Waals surface area contributed by atoms with Gasteiger partial charge in [0.2, 0.25) is 0 Å². The second kappa shape index (κ2) is 5.66. The van der Waals surface area contributed by atoms with Crippen LogP contribution in [-0.4, -0.2) is 26.7 Å². The minimum absolute atomic E-state index is 0.00526. The number of carbonyl (C=O) groups is 1. The van der Waals surface area contributed by atoms with Crippen molar-refractivity contribution < 1.29 is 14.8 Å². The van der Waals surface area contributed by atoms with Gasteiger partial charge in [-0.1, -0.05) is 0 Å². The van der Waals surface area contributed by atoms with Crippen LogP contribution in [0.25, 0.3) is 10.9 Å². The number of carboxylic acid groups (broad SMARTS) is 1. The van der Waals surface area contributed by atoms with Crippen LogP contribution in [0, 0.1) is 10.1 Å². The normalized spacial score (nSPS) is 10.5. The van der Waals surface area contributed by atoms with Crippen molar-refractivity contribution >= 4 is 34.3 Å². The highest BCUT2D eigenvalue weighted by atomic mass is 32.2. The first-order valence-corrected chi connectivity index (χ1v) is 6.45. The SMILES string of the molecule is O=C(O)CCSc1ccc([N+](=O)[O-])c2cccnc12. The molecule has 7 heteroatoms. The lowest BCUT2D eigenvalue weighted by Crippen LogP contribution is -1.96. The highest BCUT2D eigenvalue weighted by Gasteiger charge is 2.15. The largest absolute Gasteiger partial charge is 0.481 e. The first kappa shape index (κ1) is 13.3. The van der Waals surface area contributed by atoms with E-state index >= 15 is 0 Å². The Bertz CT molecular complexity index is 645. The van der Waals surface area contributed by atoms with Gasteiger partial charge >= 0.3 is 5.97 Å². The zero-order valence-electron chi connectivity index (χ0n) is 9.78. The van der Waals surface area contributed by atoms with Crippen molar-refractivity contribution in [3.63, 3.8) is 0 Å². The summed E-state index contributed by atoms with van der Waals surface area (Å²) >= 11 is 1.33. The number of aromatic nitrogens is 1. The maximum absolute atomic E-state index is 10.9. The number of fused-ring (bicyclic) bond motifs is 1. The van der Waals surface area contributed by atoms with E-state index in [1.54, 1.807) is 24.4 Å². The summed E-state index contributed by atoms with van der Waals surface area (Å²) in [6.07, 6.45) is 1.60. The molecular weight excluding hydrogens is 268 g/mol. The molecule has 0 spiro atoms. The molecule has 0 aliphatic carbocycles. The predicted octanol–water partition coefficient (Wildman–Crippen LogP) is 2.71. The number of carboxylic acids is 1. The molecule has 1 heterocycles. The standard InChI is InChI=1S/C12H10N2O4S/c15-11(16)5-7-19-10-4-3-9(14(17)18)8-2-1-6-13-12(8)10/h1-4,6H,5,7H2,(H,15,16). The Kier molecular flexibility index (Phi) is 3.96. The van der Waals surface area contributed by atoms with Gasteiger partial charge in [-0.05, 0) is 18.2 Å². The number of hydrogen-bond donors (Lipinski definition) is 1. The molecule has 0 saturated heterocycles. The molecule has 2 aromatic rings. The Morgan fingerprint density at radius 1 is 1.42 bits per heavy atom. The monoisotopic (exact) mass is 278 g/mol. The number of hydrogen-bond acceptors (Lipinski definition) is 5. The summed E-state index contributed by atoms with van der Waals surface area (Å²) < 4.78 is 0. The molecule has 1 N–H and O–H groups in total. The van der Waals surface area contributed by atoms with Crippen molar-refractivity contribution in [2.75, 3.05) is 5.75 Å². The van der Waals surface area contributed by atoms with E-state index in [2.05, 4.69) is 4.98 Å². The predicted molar refractivity (Wildman–Crippen MR) is 71.4 cm³/mol. The number of nitro benzene ring substituents is 1. The van der Waals surface area contributed by atoms with Gasteiger partial charge in [0.15, 0.2) is 0 Å². The highest BCUT2D eigenvalue weighted by molar-refractivity contribution is 7.99. The van der Waals surface area contributed by atoms with Crippen LogP contribution >= 0.6 is 11.8 Å². The van der Waals surface area contributed by atoms with Gasteiger partial charge in [0.25, 0.3) is 5.69 Å². The second-order valence-electron chi connectivity index (χ2n) is 3.73. The fourth-order valence-corrected chi connectivity index (χ4v) is 2.62. The number of rotatable bonds is 5. The number of aliphatic carboxylic acids is 1. The van der Waals surface area contributed by atoms with Gasteiger partial charge in [0.05, 0.1) is 22.2 Å². The summed E-state index contributed by atoms with van der Waals surface area (Å²) in [5, 5.41) is 20.0. The van der Waals surface area contributed by atoms with Crippen molar-refractivity contribution in [3.8, 4) is 0 Å². The third kappa shape index (κ3) is 3.00. The van der Waals surface area contributed by atoms with Gasteiger partial charge < -0.3 is 5.11 Å². The minimum atomic E-state index is -0.869. The number of non-ortho nitro benzene ring substituents is 1. The molecular formula is C12H10N2O4S. The molecule has 2 rings (SSSR count). The first-order chi connectivity index (χ1) is 9.09. The quantitative estimate of drug-likeness (QED) is 0.513. The molecule has 0 unspecified atom stereocenters. The molecule has 6 nitrogen and oxygen atoms in total. The van der Waals surface area contributed by atoms with Crippen LogP contribution in [0.5, 0.6) is 0 Å². The van der Waals surface area contributed by atoms with E-state index in [1.165, 1.54) is 17.8 Å². The van der Waals surface area contributed by atoms with E-state index < -0.39 is 10.9 Å². The minimum Gasteiger partial charge on any atom is -0.481 e. The van der Waals surface area contributed by atoms with Crippen molar-refractivity contribution in [2.24, 2.45) is 0 Å². The van der Waals surface area contributed by atoms with Crippen LogP contribution in [0.3, 0.4) is 0 Å². The maximum Gasteiger partial charge on any atom is 0.304 e. The number of nitrogens with zero attached hydrogens (tertiary/aromatic N) is 2. The van der Waals surface area contributed by atoms with E-state index in [0.717, 1.165) is 4.90 Å². The lowest BCUT2D eigenvalue weighted by atomic mass is 10.2. The molecule has 0 radical (unpaired) electrons. The third-order valence-electron chi connectivity index (χ3n) is 2.48. The van der Waals surface area contributed by atoms with E-state index in [0.29, 0.717) is 16.7 Å². The summed E-state index contributed by atoms with van der Waals surface area (Å²) in [7, 11) is 0. The van der Waals surface area contributed by atoms with Gasteiger partial charge in [0.1, 0.15) is 0 Å². The smallest absolute Gasteiger partial charge is 0.304 e. The topological polar surface area (TPSA) is 93.3 Å². The summed E-state index contributed by atoms with van der Waals surface area (Å²) in [5.41, 5.74) is 0.540. The summed E-state index contributed by atoms with van der Waals surface area (Å²) in [4.78, 5) is 25.9. The van der Waals surface area contributed by atoms with E-state index in [1.807, 2.05) is 0 Å². The van der Waals surface area contributed by atoms with Crippen LogP contribution in [0.1, 0.15) is 6.42 Å². The average molecular weight is 278 g/mol. The van der Waals surface area contributed by atoms with Gasteiger partial charge in [-0.25, -0.2) is 0 Å². The number of thioether (sulfide) groups is 1. The van der Waals surface area contributed by atoms with Gasteiger partial charge in [-0.15, -0.1) is 11.8 Å². The molecule has 98 valence electrons. The van der Waals surface area contributed by atoms with E-state index in [-0.39, 0.29) is 12.1 Å². The summed E-state index contributed by atoms with van der Waals surface area (Å²) in [6.45, 7) is 0. The summed E-state index contributed by atoms with van der Waals surface area (Å²) in [5.74, 6) is -0.467. The average Bonchev–Trinajstić information content (AvgIpc) is 2.38. The van der Waals surface area contributed by atoms with Crippen molar-refractivity contribution in [1.82, 2.24) is 4.98 Å². The Morgan fingerprint density at radius 2 is 2.21 bits per heavy atom. The van der Waals surface area contributed by atoms with Crippen LogP contribution in [0.15, 0.2) is 35.4 Å².